The minimum atomic E-state index is -0.00116. The average molecular weight is 283 g/mol. The van der Waals surface area contributed by atoms with Crippen molar-refractivity contribution in [3.05, 3.63) is 34.3 Å². The Morgan fingerprint density at radius 2 is 2.25 bits per heavy atom. The van der Waals surface area contributed by atoms with E-state index in [0.29, 0.717) is 6.42 Å². The second kappa shape index (κ2) is 4.55. The van der Waals surface area contributed by atoms with E-state index in [1.54, 1.807) is 4.90 Å². The summed E-state index contributed by atoms with van der Waals surface area (Å²) in [6.07, 6.45) is 1.32. The number of amides is 1. The Balaban J connectivity index is 2.33. The number of carbonyl (C=O) groups excluding carboxylic acids is 1. The number of likely N-dealkylation sites (tertiary alicyclic amines) is 1. The highest BCUT2D eigenvalue weighted by atomic mass is 79.9. The number of benzene rings is 1. The Morgan fingerprint density at radius 1 is 1.50 bits per heavy atom. The first-order chi connectivity index (χ1) is 7.59. The molecule has 1 aliphatic heterocycles. The molecule has 2 unspecified atom stereocenters. The molecule has 1 aromatic rings. The Kier molecular flexibility index (Phi) is 3.30. The van der Waals surface area contributed by atoms with Gasteiger partial charge < -0.3 is 10.6 Å². The fraction of sp³-hybridized carbons (Fsp3) is 0.417. The van der Waals surface area contributed by atoms with Gasteiger partial charge in [-0.1, -0.05) is 28.1 Å². The molecule has 2 rings (SSSR count). The van der Waals surface area contributed by atoms with Crippen LogP contribution in [-0.4, -0.2) is 23.9 Å². The van der Waals surface area contributed by atoms with Crippen LogP contribution >= 0.6 is 15.9 Å². The van der Waals surface area contributed by atoms with E-state index < -0.39 is 0 Å². The predicted octanol–water partition coefficient (Wildman–Crippen LogP) is 2.07. The molecular formula is C12H15BrN2O. The third-order valence-electron chi connectivity index (χ3n) is 3.10. The largest absolute Gasteiger partial charge is 0.337 e. The van der Waals surface area contributed by atoms with Crippen molar-refractivity contribution < 1.29 is 4.79 Å². The van der Waals surface area contributed by atoms with Gasteiger partial charge in [-0.05, 0) is 24.1 Å². The molecule has 0 spiro atoms. The van der Waals surface area contributed by atoms with Gasteiger partial charge in [0, 0.05) is 24.0 Å². The zero-order chi connectivity index (χ0) is 11.7. The number of hydrogen-bond acceptors (Lipinski definition) is 2. The average Bonchev–Trinajstić information content (AvgIpc) is 2.24. The summed E-state index contributed by atoms with van der Waals surface area (Å²) in [5.41, 5.74) is 7.20. The van der Waals surface area contributed by atoms with Gasteiger partial charge in [0.05, 0.1) is 6.04 Å². The van der Waals surface area contributed by atoms with Crippen molar-refractivity contribution >= 4 is 21.8 Å². The molecule has 2 atom stereocenters. The van der Waals surface area contributed by atoms with Crippen LogP contribution in [0.5, 0.6) is 0 Å². The monoisotopic (exact) mass is 282 g/mol. The lowest BCUT2D eigenvalue weighted by Gasteiger charge is -2.37. The molecule has 0 bridgehead atoms. The van der Waals surface area contributed by atoms with E-state index in [0.717, 1.165) is 16.5 Å². The predicted molar refractivity (Wildman–Crippen MR) is 66.9 cm³/mol. The second-order valence-electron chi connectivity index (χ2n) is 4.21. The smallest absolute Gasteiger partial charge is 0.222 e. The van der Waals surface area contributed by atoms with Crippen LogP contribution in [0.25, 0.3) is 0 Å². The number of nitrogens with zero attached hydrogens (tertiary/aromatic N) is 1. The summed E-state index contributed by atoms with van der Waals surface area (Å²) in [6, 6.07) is 8.01. The maximum absolute atomic E-state index is 11.7. The normalized spacial score (nSPS) is 25.9. The van der Waals surface area contributed by atoms with Crippen molar-refractivity contribution in [2.24, 2.45) is 5.73 Å². The standard InChI is InChI=1S/C12H15BrN2O/c1-15-11(16)6-5-10(14)12(15)8-3-2-4-9(13)7-8/h2-4,7,10,12H,5-6,14H2,1H3. The first-order valence-corrected chi connectivity index (χ1v) is 6.15. The van der Waals surface area contributed by atoms with Crippen molar-refractivity contribution in [2.45, 2.75) is 24.9 Å². The molecule has 3 nitrogen and oxygen atoms in total. The molecule has 4 heteroatoms. The molecule has 16 heavy (non-hydrogen) atoms. The summed E-state index contributed by atoms with van der Waals surface area (Å²) in [4.78, 5) is 13.4. The van der Waals surface area contributed by atoms with Crippen LogP contribution in [0.4, 0.5) is 0 Å². The summed E-state index contributed by atoms with van der Waals surface area (Å²) in [5, 5.41) is 0. The van der Waals surface area contributed by atoms with Crippen LogP contribution in [0.1, 0.15) is 24.4 Å². The molecule has 1 aliphatic rings. The van der Waals surface area contributed by atoms with Gasteiger partial charge in [-0.3, -0.25) is 4.79 Å². The van der Waals surface area contributed by atoms with E-state index in [-0.39, 0.29) is 18.0 Å². The van der Waals surface area contributed by atoms with Crippen LogP contribution in [0.15, 0.2) is 28.7 Å². The van der Waals surface area contributed by atoms with Crippen LogP contribution in [-0.2, 0) is 4.79 Å². The van der Waals surface area contributed by atoms with E-state index in [2.05, 4.69) is 15.9 Å². The Hall–Kier alpha value is -0.870. The number of hydrogen-bond donors (Lipinski definition) is 1. The van der Waals surface area contributed by atoms with Gasteiger partial charge in [-0.25, -0.2) is 0 Å². The number of nitrogens with two attached hydrogens (primary N) is 1. The number of carbonyl (C=O) groups is 1. The molecule has 1 fully saturated rings. The summed E-state index contributed by atoms with van der Waals surface area (Å²) >= 11 is 3.44. The highest BCUT2D eigenvalue weighted by Crippen LogP contribution is 2.30. The Morgan fingerprint density at radius 3 is 2.94 bits per heavy atom. The molecule has 0 aromatic heterocycles. The first kappa shape index (κ1) is 11.6. The van der Waals surface area contributed by atoms with Crippen molar-refractivity contribution in [3.63, 3.8) is 0 Å². The summed E-state index contributed by atoms with van der Waals surface area (Å²) in [6.45, 7) is 0. The first-order valence-electron chi connectivity index (χ1n) is 5.36. The lowest BCUT2D eigenvalue weighted by Crippen LogP contribution is -2.46. The highest BCUT2D eigenvalue weighted by molar-refractivity contribution is 9.10. The van der Waals surface area contributed by atoms with Crippen molar-refractivity contribution in [1.29, 1.82) is 0 Å². The molecule has 1 aromatic carbocycles. The fourth-order valence-electron chi connectivity index (χ4n) is 2.23. The number of piperidine rings is 1. The van der Waals surface area contributed by atoms with Crippen LogP contribution in [0.3, 0.4) is 0 Å². The molecule has 1 amide bonds. The van der Waals surface area contributed by atoms with E-state index in [9.17, 15) is 4.79 Å². The second-order valence-corrected chi connectivity index (χ2v) is 5.12. The summed E-state index contributed by atoms with van der Waals surface area (Å²) < 4.78 is 1.02. The van der Waals surface area contributed by atoms with Gasteiger partial charge in [-0.15, -0.1) is 0 Å². The van der Waals surface area contributed by atoms with E-state index >= 15 is 0 Å². The summed E-state index contributed by atoms with van der Waals surface area (Å²) in [7, 11) is 1.83. The SMILES string of the molecule is CN1C(=O)CCC(N)C1c1cccc(Br)c1. The Bertz CT molecular complexity index is 408. The Labute approximate surface area is 104 Å². The highest BCUT2D eigenvalue weighted by Gasteiger charge is 2.32. The summed E-state index contributed by atoms with van der Waals surface area (Å²) in [5.74, 6) is 0.173. The quantitative estimate of drug-likeness (QED) is 0.857. The zero-order valence-electron chi connectivity index (χ0n) is 9.19. The molecule has 86 valence electrons. The minimum Gasteiger partial charge on any atom is -0.337 e. The van der Waals surface area contributed by atoms with Crippen molar-refractivity contribution in [1.82, 2.24) is 4.90 Å². The van der Waals surface area contributed by atoms with Gasteiger partial charge in [0.25, 0.3) is 0 Å². The third-order valence-corrected chi connectivity index (χ3v) is 3.59. The molecule has 1 saturated heterocycles. The van der Waals surface area contributed by atoms with Crippen molar-refractivity contribution in [3.8, 4) is 0 Å². The molecule has 0 saturated carbocycles. The van der Waals surface area contributed by atoms with Crippen LogP contribution < -0.4 is 5.73 Å². The topological polar surface area (TPSA) is 46.3 Å². The van der Waals surface area contributed by atoms with Gasteiger partial charge >= 0.3 is 0 Å². The lowest BCUT2D eigenvalue weighted by atomic mass is 9.91. The van der Waals surface area contributed by atoms with E-state index in [1.807, 2.05) is 31.3 Å². The van der Waals surface area contributed by atoms with Crippen LogP contribution in [0.2, 0.25) is 0 Å². The zero-order valence-corrected chi connectivity index (χ0v) is 10.8. The number of rotatable bonds is 1. The fourth-order valence-corrected chi connectivity index (χ4v) is 2.65. The van der Waals surface area contributed by atoms with Gasteiger partial charge in [-0.2, -0.15) is 0 Å². The number of halogens is 1. The maximum Gasteiger partial charge on any atom is 0.222 e. The maximum atomic E-state index is 11.7. The lowest BCUT2D eigenvalue weighted by molar-refractivity contribution is -0.135. The molecular weight excluding hydrogens is 268 g/mol. The molecule has 1 heterocycles. The van der Waals surface area contributed by atoms with Gasteiger partial charge in [0.2, 0.25) is 5.91 Å². The van der Waals surface area contributed by atoms with Crippen LogP contribution in [0, 0.1) is 0 Å². The number of likely N-dealkylation sites (N-methyl/N-ethyl adjacent to an activating group) is 1. The van der Waals surface area contributed by atoms with Crippen molar-refractivity contribution in [2.75, 3.05) is 7.05 Å². The van der Waals surface area contributed by atoms with Gasteiger partial charge in [0.1, 0.15) is 0 Å². The van der Waals surface area contributed by atoms with Gasteiger partial charge in [0.15, 0.2) is 0 Å². The van der Waals surface area contributed by atoms with E-state index in [4.69, 9.17) is 5.73 Å². The molecule has 0 aliphatic carbocycles. The molecule has 0 radical (unpaired) electrons. The van der Waals surface area contributed by atoms with E-state index in [1.165, 1.54) is 0 Å². The molecule has 2 N–H and O–H groups in total. The third kappa shape index (κ3) is 2.13. The minimum absolute atomic E-state index is 0.00116.